The molecule has 1 saturated carbocycles. The molecule has 0 aromatic rings. The first-order valence-corrected chi connectivity index (χ1v) is 16.9. The molecule has 4 unspecified atom stereocenters. The minimum Gasteiger partial charge on any atom is -0.356 e. The van der Waals surface area contributed by atoms with Crippen LogP contribution in [-0.4, -0.2) is 36.3 Å². The van der Waals surface area contributed by atoms with E-state index >= 15 is 0 Å². The Kier molecular flexibility index (Phi) is 14.6. The number of hydrogen-bond donors (Lipinski definition) is 1. The van der Waals surface area contributed by atoms with Gasteiger partial charge in [0, 0.05) is 26.1 Å². The van der Waals surface area contributed by atoms with Crippen LogP contribution in [0.3, 0.4) is 0 Å². The van der Waals surface area contributed by atoms with Crippen molar-refractivity contribution >= 4 is 11.8 Å². The number of nitrogens with zero attached hydrogens (tertiary/aromatic N) is 1. The van der Waals surface area contributed by atoms with E-state index in [9.17, 15) is 9.59 Å². The summed E-state index contributed by atoms with van der Waals surface area (Å²) in [6.45, 7) is 18.4. The molecule has 4 heteroatoms. The molecule has 1 N–H and O–H groups in total. The lowest BCUT2D eigenvalue weighted by Crippen LogP contribution is -2.45. The Hall–Kier alpha value is -1.32. The van der Waals surface area contributed by atoms with Crippen LogP contribution in [0.4, 0.5) is 0 Å². The third-order valence-corrected chi connectivity index (χ3v) is 10.3. The van der Waals surface area contributed by atoms with Crippen molar-refractivity contribution in [3.8, 4) is 0 Å². The Bertz CT molecular complexity index is 748. The van der Waals surface area contributed by atoms with Crippen molar-refractivity contribution in [3.05, 3.63) is 12.2 Å². The second-order valence-corrected chi connectivity index (χ2v) is 13.6. The first kappa shape index (κ1) is 33.9. The third-order valence-electron chi connectivity index (χ3n) is 10.3. The van der Waals surface area contributed by atoms with E-state index in [4.69, 9.17) is 0 Å². The van der Waals surface area contributed by atoms with E-state index in [2.05, 4.69) is 70.8 Å². The molecule has 226 valence electrons. The fourth-order valence-corrected chi connectivity index (χ4v) is 7.43. The molecule has 2 rings (SSSR count). The molecule has 1 fully saturated rings. The highest BCUT2D eigenvalue weighted by Crippen LogP contribution is 2.67. The zero-order valence-electron chi connectivity index (χ0n) is 27.0. The van der Waals surface area contributed by atoms with Crippen LogP contribution in [-0.2, 0) is 9.59 Å². The molecule has 2 amide bonds. The number of amides is 2. The number of unbranched alkanes of at least 4 members (excludes halogenated alkanes) is 9. The Morgan fingerprint density at radius 1 is 0.795 bits per heavy atom. The van der Waals surface area contributed by atoms with Gasteiger partial charge in [-0.25, -0.2) is 0 Å². The molecule has 0 saturated heterocycles. The van der Waals surface area contributed by atoms with Crippen molar-refractivity contribution in [3.63, 3.8) is 0 Å². The fraction of sp³-hybridized carbons (Fsp3) is 0.886. The summed E-state index contributed by atoms with van der Waals surface area (Å²) >= 11 is 0. The number of hydrogen-bond acceptors (Lipinski definition) is 2. The van der Waals surface area contributed by atoms with Crippen LogP contribution < -0.4 is 5.32 Å². The number of carbonyl (C=O) groups excluding carboxylic acids is 2. The van der Waals surface area contributed by atoms with Gasteiger partial charge in [-0.1, -0.05) is 118 Å². The van der Waals surface area contributed by atoms with Crippen molar-refractivity contribution < 1.29 is 9.59 Å². The Morgan fingerprint density at radius 3 is 1.87 bits per heavy atom. The molecule has 4 atom stereocenters. The van der Waals surface area contributed by atoms with E-state index in [1.165, 1.54) is 51.4 Å². The molecular formula is C35H64N2O2. The molecule has 2 aliphatic rings. The number of allylic oxidation sites excluding steroid dienone is 2. The van der Waals surface area contributed by atoms with Gasteiger partial charge in [0.15, 0.2) is 0 Å². The molecule has 0 spiro atoms. The van der Waals surface area contributed by atoms with Gasteiger partial charge in [-0.2, -0.15) is 0 Å². The van der Waals surface area contributed by atoms with Crippen molar-refractivity contribution in [2.45, 2.75) is 145 Å². The molecule has 0 aliphatic heterocycles. The summed E-state index contributed by atoms with van der Waals surface area (Å²) in [5.41, 5.74) is 0.180. The molecule has 0 aromatic heterocycles. The normalized spacial score (nSPS) is 24.6. The molecular weight excluding hydrogens is 480 g/mol. The topological polar surface area (TPSA) is 49.4 Å². The van der Waals surface area contributed by atoms with Crippen LogP contribution in [0.2, 0.25) is 0 Å². The van der Waals surface area contributed by atoms with Gasteiger partial charge < -0.3 is 10.2 Å². The van der Waals surface area contributed by atoms with Crippen molar-refractivity contribution in [1.82, 2.24) is 10.2 Å². The van der Waals surface area contributed by atoms with Crippen LogP contribution in [0.1, 0.15) is 145 Å². The zero-order valence-corrected chi connectivity index (χ0v) is 27.0. The van der Waals surface area contributed by atoms with Crippen molar-refractivity contribution in [2.24, 2.45) is 34.5 Å². The SMILES string of the molecule is CCCCCCNC(=O)C(CC(=O)N(CCCCCC)CCCCCC)C1CC2(C(C)C)C=CC1(C(C)C)C2. The Morgan fingerprint density at radius 2 is 1.36 bits per heavy atom. The smallest absolute Gasteiger partial charge is 0.223 e. The van der Waals surface area contributed by atoms with E-state index < -0.39 is 0 Å². The van der Waals surface area contributed by atoms with Crippen LogP contribution in [0.15, 0.2) is 12.2 Å². The lowest BCUT2D eigenvalue weighted by Gasteiger charge is -2.41. The van der Waals surface area contributed by atoms with Gasteiger partial charge in [0.2, 0.25) is 11.8 Å². The summed E-state index contributed by atoms with van der Waals surface area (Å²) in [4.78, 5) is 30.0. The maximum Gasteiger partial charge on any atom is 0.223 e. The van der Waals surface area contributed by atoms with Crippen LogP contribution in [0.25, 0.3) is 0 Å². The average molecular weight is 545 g/mol. The first-order valence-electron chi connectivity index (χ1n) is 16.9. The molecule has 2 aliphatic carbocycles. The van der Waals surface area contributed by atoms with Crippen LogP contribution >= 0.6 is 0 Å². The van der Waals surface area contributed by atoms with Gasteiger partial charge in [-0.3, -0.25) is 9.59 Å². The molecule has 4 nitrogen and oxygen atoms in total. The van der Waals surface area contributed by atoms with Gasteiger partial charge in [-0.15, -0.1) is 0 Å². The van der Waals surface area contributed by atoms with Crippen molar-refractivity contribution in [2.75, 3.05) is 19.6 Å². The van der Waals surface area contributed by atoms with E-state index in [-0.39, 0.29) is 34.5 Å². The fourth-order valence-electron chi connectivity index (χ4n) is 7.43. The summed E-state index contributed by atoms with van der Waals surface area (Å²) in [7, 11) is 0. The summed E-state index contributed by atoms with van der Waals surface area (Å²) in [5.74, 6) is 1.31. The van der Waals surface area contributed by atoms with E-state index in [0.29, 0.717) is 18.3 Å². The molecule has 39 heavy (non-hydrogen) atoms. The molecule has 0 heterocycles. The maximum absolute atomic E-state index is 14.0. The van der Waals surface area contributed by atoms with Gasteiger partial charge in [0.1, 0.15) is 0 Å². The number of nitrogens with one attached hydrogen (secondary N) is 1. The largest absolute Gasteiger partial charge is 0.356 e. The highest BCUT2D eigenvalue weighted by atomic mass is 16.2. The van der Waals surface area contributed by atoms with E-state index in [0.717, 1.165) is 58.2 Å². The average Bonchev–Trinajstić information content (AvgIpc) is 3.48. The highest BCUT2D eigenvalue weighted by Gasteiger charge is 2.61. The lowest BCUT2D eigenvalue weighted by atomic mass is 9.64. The summed E-state index contributed by atoms with van der Waals surface area (Å²) in [6.07, 6.45) is 21.4. The Balaban J connectivity index is 2.25. The minimum absolute atomic E-state index is 0.0157. The first-order chi connectivity index (χ1) is 18.7. The summed E-state index contributed by atoms with van der Waals surface area (Å²) < 4.78 is 0. The van der Waals surface area contributed by atoms with Gasteiger partial charge >= 0.3 is 0 Å². The monoisotopic (exact) mass is 544 g/mol. The van der Waals surface area contributed by atoms with Gasteiger partial charge in [0.05, 0.1) is 5.92 Å². The lowest BCUT2D eigenvalue weighted by molar-refractivity contribution is -0.139. The zero-order chi connectivity index (χ0) is 28.9. The highest BCUT2D eigenvalue weighted by molar-refractivity contribution is 5.86. The van der Waals surface area contributed by atoms with E-state index in [1.807, 2.05) is 0 Å². The van der Waals surface area contributed by atoms with E-state index in [1.54, 1.807) is 0 Å². The molecule has 0 aromatic carbocycles. The molecule has 2 bridgehead atoms. The predicted molar refractivity (Wildman–Crippen MR) is 167 cm³/mol. The predicted octanol–water partition coefficient (Wildman–Crippen LogP) is 8.94. The Labute approximate surface area is 242 Å². The van der Waals surface area contributed by atoms with Gasteiger partial charge in [-0.05, 0) is 60.7 Å². The maximum atomic E-state index is 14.0. The quantitative estimate of drug-likeness (QED) is 0.116. The summed E-state index contributed by atoms with van der Waals surface area (Å²) in [6, 6.07) is 0. The standard InChI is InChI=1S/C35H64N2O2/c1-8-11-14-17-22-36-33(39)30(31-26-34(28(4)5)20-21-35(31,27-34)29(6)7)25-32(38)37(23-18-15-12-9-2)24-19-16-13-10-3/h20-21,28-31H,8-19,22-27H2,1-7H3,(H,36,39). The van der Waals surface area contributed by atoms with Gasteiger partial charge in [0.25, 0.3) is 0 Å². The van der Waals surface area contributed by atoms with Crippen LogP contribution in [0, 0.1) is 34.5 Å². The van der Waals surface area contributed by atoms with Crippen LogP contribution in [0.5, 0.6) is 0 Å². The number of carbonyl (C=O) groups is 2. The minimum atomic E-state index is -0.245. The number of fused-ring (bicyclic) bond motifs is 2. The summed E-state index contributed by atoms with van der Waals surface area (Å²) in [5, 5.41) is 3.31. The van der Waals surface area contributed by atoms with Crippen molar-refractivity contribution in [1.29, 1.82) is 0 Å². The third kappa shape index (κ3) is 9.09. The molecule has 0 radical (unpaired) electrons. The number of rotatable bonds is 21. The second kappa shape index (κ2) is 16.8. The second-order valence-electron chi connectivity index (χ2n) is 13.6.